The maximum atomic E-state index is 5.89. The molecule has 0 atom stereocenters. The van der Waals surface area contributed by atoms with Gasteiger partial charge in [0.05, 0.1) is 0 Å². The van der Waals surface area contributed by atoms with E-state index in [0.29, 0.717) is 12.6 Å². The van der Waals surface area contributed by atoms with E-state index in [0.717, 1.165) is 28.2 Å². The summed E-state index contributed by atoms with van der Waals surface area (Å²) in [6, 6.07) is 6.76. The number of ether oxygens (including phenoxy) is 1. The van der Waals surface area contributed by atoms with Gasteiger partial charge in [0.1, 0.15) is 18.7 Å². The lowest BCUT2D eigenvalue weighted by molar-refractivity contribution is 0.287. The van der Waals surface area contributed by atoms with E-state index in [1.165, 1.54) is 12.8 Å². The molecule has 0 amide bonds. The van der Waals surface area contributed by atoms with Crippen LogP contribution in [0.1, 0.15) is 24.2 Å². The molecule has 0 spiro atoms. The fraction of sp³-hybridized carbons (Fsp3) is 0.429. The number of rotatable bonds is 6. The summed E-state index contributed by atoms with van der Waals surface area (Å²) in [6.07, 6.45) is 4.24. The molecule has 20 heavy (non-hydrogen) atoms. The number of hydrogen-bond acceptors (Lipinski definition) is 4. The molecule has 3 rings (SSSR count). The van der Waals surface area contributed by atoms with E-state index >= 15 is 0 Å². The van der Waals surface area contributed by atoms with Crippen molar-refractivity contribution in [3.8, 4) is 5.75 Å². The Morgan fingerprint density at radius 2 is 2.30 bits per heavy atom. The highest BCUT2D eigenvalue weighted by Crippen LogP contribution is 2.26. The molecule has 1 heterocycles. The summed E-state index contributed by atoms with van der Waals surface area (Å²) in [5.74, 6) is 1.71. The summed E-state index contributed by atoms with van der Waals surface area (Å²) in [7, 11) is 1.91. The molecule has 106 valence electrons. The van der Waals surface area contributed by atoms with Crippen molar-refractivity contribution in [3.63, 3.8) is 0 Å². The van der Waals surface area contributed by atoms with Crippen LogP contribution in [0, 0.1) is 0 Å². The smallest absolute Gasteiger partial charge is 0.170 e. The molecule has 1 saturated carbocycles. The van der Waals surface area contributed by atoms with Gasteiger partial charge in [-0.2, -0.15) is 0 Å². The van der Waals surface area contributed by atoms with Gasteiger partial charge in [-0.1, -0.05) is 15.9 Å². The average molecular weight is 337 g/mol. The molecule has 0 radical (unpaired) electrons. The maximum absolute atomic E-state index is 5.89. The molecule has 6 heteroatoms. The van der Waals surface area contributed by atoms with Gasteiger partial charge in [-0.3, -0.25) is 0 Å². The van der Waals surface area contributed by atoms with Crippen LogP contribution in [0.2, 0.25) is 0 Å². The number of nitrogens with one attached hydrogen (secondary N) is 1. The minimum atomic E-state index is 0.425. The van der Waals surface area contributed by atoms with Gasteiger partial charge >= 0.3 is 0 Å². The van der Waals surface area contributed by atoms with E-state index in [1.54, 1.807) is 6.33 Å². The first-order valence-electron chi connectivity index (χ1n) is 6.70. The van der Waals surface area contributed by atoms with Gasteiger partial charge in [-0.05, 0) is 31.0 Å². The summed E-state index contributed by atoms with van der Waals surface area (Å²) < 4.78 is 8.81. The second kappa shape index (κ2) is 5.93. The largest absolute Gasteiger partial charge is 0.485 e. The maximum Gasteiger partial charge on any atom is 0.170 e. The summed E-state index contributed by atoms with van der Waals surface area (Å²) >= 11 is 3.51. The number of hydrogen-bond donors (Lipinski definition) is 1. The molecular weight excluding hydrogens is 320 g/mol. The van der Waals surface area contributed by atoms with Gasteiger partial charge in [-0.15, -0.1) is 10.2 Å². The monoisotopic (exact) mass is 336 g/mol. The van der Waals surface area contributed by atoms with Crippen LogP contribution in [0.5, 0.6) is 5.75 Å². The zero-order valence-electron chi connectivity index (χ0n) is 11.3. The highest BCUT2D eigenvalue weighted by Gasteiger charge is 2.20. The number of halogens is 1. The Kier molecular flexibility index (Phi) is 4.03. The van der Waals surface area contributed by atoms with E-state index in [2.05, 4.69) is 37.5 Å². The Morgan fingerprint density at radius 3 is 3.00 bits per heavy atom. The molecule has 1 aromatic heterocycles. The van der Waals surface area contributed by atoms with Crippen LogP contribution in [-0.4, -0.2) is 20.8 Å². The minimum Gasteiger partial charge on any atom is -0.485 e. The Labute approximate surface area is 126 Å². The fourth-order valence-corrected chi connectivity index (χ4v) is 2.36. The Bertz CT molecular complexity index is 595. The van der Waals surface area contributed by atoms with Crippen molar-refractivity contribution < 1.29 is 4.74 Å². The Balaban J connectivity index is 1.68. The van der Waals surface area contributed by atoms with Gasteiger partial charge in [-0.25, -0.2) is 0 Å². The van der Waals surface area contributed by atoms with Crippen LogP contribution in [0.3, 0.4) is 0 Å². The molecule has 1 fully saturated rings. The van der Waals surface area contributed by atoms with E-state index in [4.69, 9.17) is 4.74 Å². The van der Waals surface area contributed by atoms with Crippen molar-refractivity contribution in [2.75, 3.05) is 0 Å². The average Bonchev–Trinajstić information content (AvgIpc) is 3.18. The summed E-state index contributed by atoms with van der Waals surface area (Å²) in [5, 5.41) is 11.4. The highest BCUT2D eigenvalue weighted by atomic mass is 79.9. The van der Waals surface area contributed by atoms with Gasteiger partial charge in [0.15, 0.2) is 5.82 Å². The van der Waals surface area contributed by atoms with E-state index < -0.39 is 0 Å². The molecule has 0 saturated heterocycles. The Hall–Kier alpha value is -1.40. The van der Waals surface area contributed by atoms with Gasteiger partial charge in [0.25, 0.3) is 0 Å². The topological polar surface area (TPSA) is 52.0 Å². The summed E-state index contributed by atoms with van der Waals surface area (Å²) in [6.45, 7) is 1.26. The normalized spacial score (nSPS) is 14.5. The van der Waals surface area contributed by atoms with Gasteiger partial charge < -0.3 is 14.6 Å². The van der Waals surface area contributed by atoms with Crippen LogP contribution in [0.25, 0.3) is 0 Å². The molecule has 0 bridgehead atoms. The van der Waals surface area contributed by atoms with Crippen molar-refractivity contribution in [1.82, 2.24) is 20.1 Å². The van der Waals surface area contributed by atoms with Crippen LogP contribution in [0.15, 0.2) is 29.0 Å². The predicted molar refractivity (Wildman–Crippen MR) is 79.3 cm³/mol. The lowest BCUT2D eigenvalue weighted by Gasteiger charge is -2.12. The summed E-state index contributed by atoms with van der Waals surface area (Å²) in [4.78, 5) is 0. The number of aromatic nitrogens is 3. The van der Waals surface area contributed by atoms with E-state index in [9.17, 15) is 0 Å². The first kappa shape index (κ1) is 13.6. The van der Waals surface area contributed by atoms with E-state index in [1.807, 2.05) is 23.7 Å². The van der Waals surface area contributed by atoms with Gasteiger partial charge in [0, 0.05) is 29.7 Å². The van der Waals surface area contributed by atoms with Crippen LogP contribution in [0.4, 0.5) is 0 Å². The van der Waals surface area contributed by atoms with Crippen molar-refractivity contribution in [2.24, 2.45) is 7.05 Å². The van der Waals surface area contributed by atoms with Crippen LogP contribution >= 0.6 is 15.9 Å². The van der Waals surface area contributed by atoms with Crippen LogP contribution < -0.4 is 10.1 Å². The van der Waals surface area contributed by atoms with E-state index in [-0.39, 0.29) is 0 Å². The first-order valence-corrected chi connectivity index (χ1v) is 7.49. The SMILES string of the molecule is Cn1cnnc1COc1ccc(Br)cc1CNC1CC1. The lowest BCUT2D eigenvalue weighted by Crippen LogP contribution is -2.16. The van der Waals surface area contributed by atoms with Gasteiger partial charge in [0.2, 0.25) is 0 Å². The van der Waals surface area contributed by atoms with Crippen molar-refractivity contribution in [1.29, 1.82) is 0 Å². The zero-order chi connectivity index (χ0) is 13.9. The Morgan fingerprint density at radius 1 is 1.45 bits per heavy atom. The predicted octanol–water partition coefficient (Wildman–Crippen LogP) is 2.41. The fourth-order valence-electron chi connectivity index (χ4n) is 1.95. The third-order valence-corrected chi connectivity index (χ3v) is 3.84. The molecule has 1 aliphatic rings. The molecule has 1 N–H and O–H groups in total. The molecule has 1 aliphatic carbocycles. The summed E-state index contributed by atoms with van der Waals surface area (Å²) in [5.41, 5.74) is 1.16. The molecule has 0 aliphatic heterocycles. The standard InChI is InChI=1S/C14H17BrN4O/c1-19-9-17-18-14(19)8-20-13-5-2-11(15)6-10(13)7-16-12-3-4-12/h2,5-6,9,12,16H,3-4,7-8H2,1H3. The third kappa shape index (κ3) is 3.37. The lowest BCUT2D eigenvalue weighted by atomic mass is 10.2. The second-order valence-corrected chi connectivity index (χ2v) is 5.97. The minimum absolute atomic E-state index is 0.425. The number of benzene rings is 1. The molecule has 5 nitrogen and oxygen atoms in total. The number of nitrogens with zero attached hydrogens (tertiary/aromatic N) is 3. The number of aryl methyl sites for hydroxylation is 1. The van der Waals surface area contributed by atoms with Crippen molar-refractivity contribution in [3.05, 3.63) is 40.4 Å². The zero-order valence-corrected chi connectivity index (χ0v) is 12.9. The second-order valence-electron chi connectivity index (χ2n) is 5.05. The molecular formula is C14H17BrN4O. The quantitative estimate of drug-likeness (QED) is 0.880. The van der Waals surface area contributed by atoms with Crippen molar-refractivity contribution in [2.45, 2.75) is 32.0 Å². The highest BCUT2D eigenvalue weighted by molar-refractivity contribution is 9.10. The first-order chi connectivity index (χ1) is 9.72. The van der Waals surface area contributed by atoms with Crippen molar-refractivity contribution >= 4 is 15.9 Å². The molecule has 1 aromatic carbocycles. The third-order valence-electron chi connectivity index (χ3n) is 3.34. The molecule has 2 aromatic rings. The molecule has 0 unspecified atom stereocenters. The van der Waals surface area contributed by atoms with Crippen LogP contribution in [-0.2, 0) is 20.2 Å².